The van der Waals surface area contributed by atoms with Crippen LogP contribution >= 0.6 is 0 Å². The van der Waals surface area contributed by atoms with E-state index < -0.39 is 28.6 Å². The third-order valence-corrected chi connectivity index (χ3v) is 7.60. The summed E-state index contributed by atoms with van der Waals surface area (Å²) in [6.07, 6.45) is 1.11. The van der Waals surface area contributed by atoms with Gasteiger partial charge >= 0.3 is 5.97 Å². The molecule has 1 heterocycles. The molecule has 2 aromatic rings. The summed E-state index contributed by atoms with van der Waals surface area (Å²) in [5, 5.41) is 23.6. The van der Waals surface area contributed by atoms with Crippen LogP contribution in [0.3, 0.4) is 0 Å². The van der Waals surface area contributed by atoms with Crippen molar-refractivity contribution in [1.29, 1.82) is 5.41 Å². The fourth-order valence-corrected chi connectivity index (χ4v) is 5.50. The minimum Gasteiger partial charge on any atom is -0.480 e. The second kappa shape index (κ2) is 11.2. The maximum absolute atomic E-state index is 12.3. The molecule has 1 saturated heterocycles. The van der Waals surface area contributed by atoms with Crippen molar-refractivity contribution in [2.45, 2.75) is 30.8 Å². The van der Waals surface area contributed by atoms with Crippen molar-refractivity contribution >= 4 is 27.7 Å². The molecule has 2 aliphatic rings. The Kier molecular flexibility index (Phi) is 7.99. The summed E-state index contributed by atoms with van der Waals surface area (Å²) in [5.41, 5.74) is 4.20. The number of hydrogen-bond acceptors (Lipinski definition) is 7. The minimum atomic E-state index is -3.93. The van der Waals surface area contributed by atoms with Gasteiger partial charge in [-0.15, -0.1) is 0 Å². The summed E-state index contributed by atoms with van der Waals surface area (Å²) in [4.78, 5) is 28.9. The van der Waals surface area contributed by atoms with Crippen LogP contribution in [0.1, 0.15) is 23.1 Å². The molecule has 1 saturated carbocycles. The summed E-state index contributed by atoms with van der Waals surface area (Å²) in [5.74, 6) is -0.807. The van der Waals surface area contributed by atoms with Gasteiger partial charge in [-0.25, -0.2) is 13.9 Å². The van der Waals surface area contributed by atoms with Gasteiger partial charge < -0.3 is 15.7 Å². The number of piperidine rings is 1. The largest absolute Gasteiger partial charge is 0.480 e. The molecule has 0 aromatic heterocycles. The van der Waals surface area contributed by atoms with E-state index in [0.29, 0.717) is 29.5 Å². The summed E-state index contributed by atoms with van der Waals surface area (Å²) < 4.78 is 26.8. The molecule has 192 valence electrons. The molecule has 1 aliphatic heterocycles. The van der Waals surface area contributed by atoms with Gasteiger partial charge in [-0.3, -0.25) is 19.8 Å². The Hall–Kier alpha value is -3.32. The number of fused-ring (bicyclic) bond motifs is 1. The fourth-order valence-electron chi connectivity index (χ4n) is 4.18. The first-order valence-electron chi connectivity index (χ1n) is 11.6. The lowest BCUT2D eigenvalue weighted by Gasteiger charge is -2.16. The average molecular weight is 516 g/mol. The van der Waals surface area contributed by atoms with E-state index in [2.05, 4.69) is 20.8 Å². The number of rotatable bonds is 12. The van der Waals surface area contributed by atoms with Crippen LogP contribution in [-0.2, 0) is 36.7 Å². The standard InChI is InChI=1S/C24H29N5O6S/c25-22(17-8-6-15(7-9-17)11-27-23(30)21-19-10-18(19)12-26-21)28-35-13-20(24(31)32)29-36(33,34)14-16-4-2-1-3-5-16/h1-9,18-21,26,29H,10-14H2,(H2,25,28)(H,27,30)(H,31,32)/t18?,19?,20-,21+/m1/s1. The van der Waals surface area contributed by atoms with Gasteiger partial charge in [0.15, 0.2) is 0 Å². The molecule has 6 N–H and O–H groups in total. The Balaban J connectivity index is 1.21. The van der Waals surface area contributed by atoms with E-state index in [1.807, 2.05) is 0 Å². The average Bonchev–Trinajstić information content (AvgIpc) is 3.51. The highest BCUT2D eigenvalue weighted by atomic mass is 32.2. The normalized spacial score (nSPS) is 21.3. The smallest absolute Gasteiger partial charge is 0.324 e. The number of amidine groups is 1. The molecule has 4 atom stereocenters. The second-order valence-electron chi connectivity index (χ2n) is 9.00. The maximum Gasteiger partial charge on any atom is 0.324 e. The van der Waals surface area contributed by atoms with Gasteiger partial charge in [-0.05, 0) is 35.9 Å². The van der Waals surface area contributed by atoms with Crippen LogP contribution in [0.15, 0.2) is 54.6 Å². The molecule has 2 fully saturated rings. The Bertz CT molecular complexity index is 1210. The van der Waals surface area contributed by atoms with E-state index in [4.69, 9.17) is 10.2 Å². The van der Waals surface area contributed by atoms with Gasteiger partial charge in [0.2, 0.25) is 15.9 Å². The molecular weight excluding hydrogens is 486 g/mol. The van der Waals surface area contributed by atoms with E-state index in [-0.39, 0.29) is 23.5 Å². The third kappa shape index (κ3) is 6.88. The first kappa shape index (κ1) is 25.8. The number of carboxylic acid groups (broad SMARTS) is 1. The number of hydroxylamine groups is 1. The second-order valence-corrected chi connectivity index (χ2v) is 10.8. The molecule has 4 rings (SSSR count). The molecule has 0 spiro atoms. The molecule has 2 aromatic carbocycles. The molecule has 1 amide bonds. The van der Waals surface area contributed by atoms with Gasteiger partial charge in [0.25, 0.3) is 0 Å². The molecule has 11 nitrogen and oxygen atoms in total. The number of carbonyl (C=O) groups excluding carboxylic acids is 1. The highest BCUT2D eigenvalue weighted by Gasteiger charge is 2.50. The van der Waals surface area contributed by atoms with Crippen LogP contribution in [0, 0.1) is 17.2 Å². The van der Waals surface area contributed by atoms with Gasteiger partial charge in [0.1, 0.15) is 18.5 Å². The number of carboxylic acids is 1. The first-order valence-corrected chi connectivity index (χ1v) is 13.2. The third-order valence-electron chi connectivity index (χ3n) is 6.24. The molecular formula is C24H29N5O6S. The molecule has 0 bridgehead atoms. The SMILES string of the molecule is N=C(NOC[C@@H](NS(=O)(=O)Cc1ccccc1)C(=O)O)c1ccc(CNC(=O)[C@H]2NCC3CC32)cc1. The minimum absolute atomic E-state index is 0.000682. The predicted molar refractivity (Wildman–Crippen MR) is 131 cm³/mol. The molecule has 1 aliphatic carbocycles. The van der Waals surface area contributed by atoms with Crippen molar-refractivity contribution in [3.8, 4) is 0 Å². The van der Waals surface area contributed by atoms with E-state index in [1.54, 1.807) is 54.6 Å². The number of aliphatic carboxylic acids is 1. The van der Waals surface area contributed by atoms with Crippen molar-refractivity contribution in [2.75, 3.05) is 13.2 Å². The van der Waals surface area contributed by atoms with Crippen molar-refractivity contribution in [3.05, 3.63) is 71.3 Å². The van der Waals surface area contributed by atoms with E-state index in [0.717, 1.165) is 18.5 Å². The number of benzene rings is 2. The van der Waals surface area contributed by atoms with Crippen molar-refractivity contribution in [2.24, 2.45) is 11.8 Å². The summed E-state index contributed by atoms with van der Waals surface area (Å²) in [6.45, 7) is 0.740. The Labute approximate surface area is 209 Å². The summed E-state index contributed by atoms with van der Waals surface area (Å²) in [6, 6.07) is 13.6. The van der Waals surface area contributed by atoms with Crippen LogP contribution in [-0.4, -0.2) is 56.5 Å². The monoisotopic (exact) mass is 515 g/mol. The van der Waals surface area contributed by atoms with Crippen LogP contribution in [0.4, 0.5) is 0 Å². The van der Waals surface area contributed by atoms with Crippen LogP contribution < -0.4 is 20.8 Å². The zero-order valence-electron chi connectivity index (χ0n) is 19.4. The number of sulfonamides is 1. The summed E-state index contributed by atoms with van der Waals surface area (Å²) >= 11 is 0. The zero-order valence-corrected chi connectivity index (χ0v) is 20.3. The maximum atomic E-state index is 12.3. The van der Waals surface area contributed by atoms with Crippen molar-refractivity contribution < 1.29 is 28.0 Å². The molecule has 36 heavy (non-hydrogen) atoms. The number of carbonyl (C=O) groups is 2. The molecule has 12 heteroatoms. The Morgan fingerprint density at radius 1 is 1.11 bits per heavy atom. The zero-order chi connectivity index (χ0) is 25.7. The highest BCUT2D eigenvalue weighted by molar-refractivity contribution is 7.88. The van der Waals surface area contributed by atoms with Gasteiger partial charge in [-0.2, -0.15) is 4.72 Å². The van der Waals surface area contributed by atoms with Gasteiger partial charge in [0, 0.05) is 12.1 Å². The first-order chi connectivity index (χ1) is 17.2. The Morgan fingerprint density at radius 3 is 2.44 bits per heavy atom. The van der Waals surface area contributed by atoms with Crippen LogP contribution in [0.25, 0.3) is 0 Å². The van der Waals surface area contributed by atoms with Gasteiger partial charge in [-0.1, -0.05) is 54.6 Å². The topological polar surface area (TPSA) is 170 Å². The van der Waals surface area contributed by atoms with Crippen LogP contribution in [0.2, 0.25) is 0 Å². The predicted octanol–water partition coefficient (Wildman–Crippen LogP) is 0.330. The summed E-state index contributed by atoms with van der Waals surface area (Å²) in [7, 11) is -3.93. The fraction of sp³-hybridized carbons (Fsp3) is 0.375. The van der Waals surface area contributed by atoms with Crippen molar-refractivity contribution in [3.63, 3.8) is 0 Å². The molecule has 2 unspecified atom stereocenters. The quantitative estimate of drug-likeness (QED) is 0.133. The lowest BCUT2D eigenvalue weighted by Crippen LogP contribution is -2.45. The van der Waals surface area contributed by atoms with E-state index in [1.165, 1.54) is 0 Å². The van der Waals surface area contributed by atoms with E-state index in [9.17, 15) is 23.1 Å². The highest BCUT2D eigenvalue weighted by Crippen LogP contribution is 2.45. The van der Waals surface area contributed by atoms with E-state index >= 15 is 0 Å². The van der Waals surface area contributed by atoms with Crippen LogP contribution in [0.5, 0.6) is 0 Å². The number of amides is 1. The van der Waals surface area contributed by atoms with Crippen molar-refractivity contribution in [1.82, 2.24) is 20.8 Å². The van der Waals surface area contributed by atoms with Gasteiger partial charge in [0.05, 0.1) is 11.8 Å². The number of hydrogen-bond donors (Lipinski definition) is 6. The Morgan fingerprint density at radius 2 is 1.83 bits per heavy atom. The molecule has 0 radical (unpaired) electrons. The number of nitrogens with one attached hydrogen (secondary N) is 5. The lowest BCUT2D eigenvalue weighted by molar-refractivity contribution is -0.141. The lowest BCUT2D eigenvalue weighted by atomic mass is 10.1.